The number of aromatic nitrogens is 5. The summed E-state index contributed by atoms with van der Waals surface area (Å²) in [5.74, 6) is 0.644. The van der Waals surface area contributed by atoms with E-state index in [2.05, 4.69) is 48.4 Å². The lowest BCUT2D eigenvalue weighted by Gasteiger charge is -2.04. The zero-order valence-electron chi connectivity index (χ0n) is 12.7. The summed E-state index contributed by atoms with van der Waals surface area (Å²) >= 11 is 0. The van der Waals surface area contributed by atoms with E-state index >= 15 is 0 Å². The van der Waals surface area contributed by atoms with Crippen LogP contribution in [0.5, 0.6) is 0 Å². The molecule has 6 heteroatoms. The molecule has 0 aliphatic carbocycles. The number of nitrogens with one attached hydrogen (secondary N) is 1. The minimum absolute atomic E-state index is 0.385. The van der Waals surface area contributed by atoms with Crippen molar-refractivity contribution in [2.45, 2.75) is 46.8 Å². The molecule has 0 radical (unpaired) electrons. The van der Waals surface area contributed by atoms with Gasteiger partial charge in [0.15, 0.2) is 0 Å². The first kappa shape index (κ1) is 14.7. The first-order chi connectivity index (χ1) is 9.54. The smallest absolute Gasteiger partial charge is 0.0964 e. The Balaban J connectivity index is 1.88. The van der Waals surface area contributed by atoms with Gasteiger partial charge in [-0.15, -0.1) is 5.10 Å². The van der Waals surface area contributed by atoms with Gasteiger partial charge >= 0.3 is 0 Å². The van der Waals surface area contributed by atoms with Gasteiger partial charge in [0.25, 0.3) is 0 Å². The van der Waals surface area contributed by atoms with Crippen LogP contribution in [0.1, 0.15) is 45.1 Å². The fourth-order valence-electron chi connectivity index (χ4n) is 1.90. The monoisotopic (exact) mass is 276 g/mol. The van der Waals surface area contributed by atoms with Gasteiger partial charge in [-0.25, -0.2) is 4.68 Å². The molecule has 0 amide bonds. The van der Waals surface area contributed by atoms with Gasteiger partial charge in [0.05, 0.1) is 24.1 Å². The Morgan fingerprint density at radius 2 is 2.00 bits per heavy atom. The predicted octanol–water partition coefficient (Wildman–Crippen LogP) is 1.85. The molecule has 2 aromatic heterocycles. The minimum atomic E-state index is 0.385. The van der Waals surface area contributed by atoms with Crippen molar-refractivity contribution in [1.29, 1.82) is 0 Å². The first-order valence-electron chi connectivity index (χ1n) is 7.18. The summed E-state index contributed by atoms with van der Waals surface area (Å²) in [6.07, 6.45) is 3.98. The van der Waals surface area contributed by atoms with Crippen LogP contribution >= 0.6 is 0 Å². The van der Waals surface area contributed by atoms with E-state index < -0.39 is 0 Å². The third-order valence-corrected chi connectivity index (χ3v) is 2.96. The fraction of sp³-hybridized carbons (Fsp3) is 0.643. The first-order valence-corrected chi connectivity index (χ1v) is 7.18. The highest BCUT2D eigenvalue weighted by molar-refractivity contribution is 5.01. The van der Waals surface area contributed by atoms with Crippen molar-refractivity contribution in [3.05, 3.63) is 29.8 Å². The van der Waals surface area contributed by atoms with Crippen LogP contribution in [-0.4, -0.2) is 31.3 Å². The summed E-state index contributed by atoms with van der Waals surface area (Å²) in [6.45, 7) is 11.0. The second-order valence-electron chi connectivity index (χ2n) is 5.81. The van der Waals surface area contributed by atoms with Crippen molar-refractivity contribution in [3.63, 3.8) is 0 Å². The van der Waals surface area contributed by atoms with Gasteiger partial charge in [0.1, 0.15) is 0 Å². The van der Waals surface area contributed by atoms with Gasteiger partial charge in [-0.1, -0.05) is 19.1 Å². The van der Waals surface area contributed by atoms with Crippen LogP contribution in [0.15, 0.2) is 18.5 Å². The lowest BCUT2D eigenvalue weighted by molar-refractivity contribution is 0.519. The van der Waals surface area contributed by atoms with E-state index in [1.54, 1.807) is 0 Å². The summed E-state index contributed by atoms with van der Waals surface area (Å²) in [4.78, 5) is 0. The van der Waals surface area contributed by atoms with Gasteiger partial charge < -0.3 is 5.32 Å². The van der Waals surface area contributed by atoms with Crippen molar-refractivity contribution in [3.8, 4) is 0 Å². The van der Waals surface area contributed by atoms with Crippen LogP contribution in [0.2, 0.25) is 0 Å². The topological polar surface area (TPSA) is 60.6 Å². The van der Waals surface area contributed by atoms with Crippen molar-refractivity contribution in [2.75, 3.05) is 6.54 Å². The third-order valence-electron chi connectivity index (χ3n) is 2.96. The maximum absolute atomic E-state index is 4.51. The van der Waals surface area contributed by atoms with Crippen LogP contribution in [0.3, 0.4) is 0 Å². The van der Waals surface area contributed by atoms with E-state index in [0.29, 0.717) is 18.5 Å². The molecule has 0 aliphatic heterocycles. The molecule has 20 heavy (non-hydrogen) atoms. The Morgan fingerprint density at radius 1 is 1.20 bits per heavy atom. The molecule has 0 saturated heterocycles. The second kappa shape index (κ2) is 6.65. The van der Waals surface area contributed by atoms with E-state index in [4.69, 9.17) is 0 Å². The molecule has 0 bridgehead atoms. The summed E-state index contributed by atoms with van der Waals surface area (Å²) in [7, 11) is 0. The van der Waals surface area contributed by atoms with E-state index in [1.807, 2.05) is 27.8 Å². The molecule has 0 fully saturated rings. The normalized spacial score (nSPS) is 11.7. The van der Waals surface area contributed by atoms with Crippen LogP contribution in [0.25, 0.3) is 0 Å². The zero-order chi connectivity index (χ0) is 14.5. The van der Waals surface area contributed by atoms with Crippen molar-refractivity contribution in [2.24, 2.45) is 5.92 Å². The highest BCUT2D eigenvalue weighted by Crippen LogP contribution is 2.05. The van der Waals surface area contributed by atoms with Crippen LogP contribution in [-0.2, 0) is 13.1 Å². The Bertz CT molecular complexity index is 525. The van der Waals surface area contributed by atoms with Gasteiger partial charge in [0.2, 0.25) is 0 Å². The second-order valence-corrected chi connectivity index (χ2v) is 5.81. The average molecular weight is 276 g/mol. The Morgan fingerprint density at radius 3 is 2.65 bits per heavy atom. The molecule has 1 N–H and O–H groups in total. The highest BCUT2D eigenvalue weighted by atomic mass is 15.4. The molecule has 110 valence electrons. The molecular formula is C14H24N6. The van der Waals surface area contributed by atoms with Crippen molar-refractivity contribution < 1.29 is 0 Å². The molecule has 2 aromatic rings. The van der Waals surface area contributed by atoms with Crippen molar-refractivity contribution >= 4 is 0 Å². The summed E-state index contributed by atoms with van der Waals surface area (Å²) < 4.78 is 3.79. The van der Waals surface area contributed by atoms with Gasteiger partial charge in [-0.05, 0) is 32.4 Å². The number of rotatable bonds is 7. The Hall–Kier alpha value is -1.69. The lowest BCUT2D eigenvalue weighted by atomic mass is 10.2. The largest absolute Gasteiger partial charge is 0.311 e. The van der Waals surface area contributed by atoms with Gasteiger partial charge in [0, 0.05) is 18.8 Å². The van der Waals surface area contributed by atoms with E-state index in [9.17, 15) is 0 Å². The van der Waals surface area contributed by atoms with Crippen molar-refractivity contribution in [1.82, 2.24) is 30.1 Å². The molecule has 0 aliphatic rings. The lowest BCUT2D eigenvalue weighted by Crippen LogP contribution is -2.19. The molecule has 0 spiro atoms. The predicted molar refractivity (Wildman–Crippen MR) is 78.3 cm³/mol. The summed E-state index contributed by atoms with van der Waals surface area (Å²) in [5, 5.41) is 16.2. The Kier molecular flexibility index (Phi) is 4.89. The molecule has 2 rings (SSSR count). The van der Waals surface area contributed by atoms with E-state index in [-0.39, 0.29) is 0 Å². The molecule has 0 saturated carbocycles. The van der Waals surface area contributed by atoms with Crippen LogP contribution in [0, 0.1) is 5.92 Å². The molecule has 6 nitrogen and oxygen atoms in total. The summed E-state index contributed by atoms with van der Waals surface area (Å²) in [5.41, 5.74) is 1.97. The standard InChI is InChI=1S/C14H24N6/c1-11(2)7-15-8-14-10-19(18-16-14)9-13-5-6-20(17-13)12(3)4/h5-6,10-12,15H,7-9H2,1-4H3. The maximum atomic E-state index is 4.51. The Labute approximate surface area is 120 Å². The van der Waals surface area contributed by atoms with Crippen LogP contribution in [0.4, 0.5) is 0 Å². The maximum Gasteiger partial charge on any atom is 0.0964 e. The molecule has 0 atom stereocenters. The van der Waals surface area contributed by atoms with Gasteiger partial charge in [-0.2, -0.15) is 5.10 Å². The molecule has 0 aromatic carbocycles. The number of hydrogen-bond donors (Lipinski definition) is 1. The quantitative estimate of drug-likeness (QED) is 0.838. The molecular weight excluding hydrogens is 252 g/mol. The van der Waals surface area contributed by atoms with E-state index in [1.165, 1.54) is 0 Å². The van der Waals surface area contributed by atoms with Gasteiger partial charge in [-0.3, -0.25) is 4.68 Å². The third kappa shape index (κ3) is 4.16. The SMILES string of the molecule is CC(C)CNCc1cn(Cc2ccn(C(C)C)n2)nn1. The van der Waals surface area contributed by atoms with Crippen LogP contribution < -0.4 is 5.32 Å². The number of hydrogen-bond acceptors (Lipinski definition) is 4. The average Bonchev–Trinajstić information content (AvgIpc) is 2.99. The number of nitrogens with zero attached hydrogens (tertiary/aromatic N) is 5. The fourth-order valence-corrected chi connectivity index (χ4v) is 1.90. The highest BCUT2D eigenvalue weighted by Gasteiger charge is 2.05. The molecule has 2 heterocycles. The zero-order valence-corrected chi connectivity index (χ0v) is 12.7. The minimum Gasteiger partial charge on any atom is -0.311 e. The van der Waals surface area contributed by atoms with E-state index in [0.717, 1.165) is 24.5 Å². The summed E-state index contributed by atoms with van der Waals surface area (Å²) in [6, 6.07) is 2.41. The molecule has 0 unspecified atom stereocenters.